The Hall–Kier alpha value is -3.13. The lowest BCUT2D eigenvalue weighted by Gasteiger charge is -2.05. The summed E-state index contributed by atoms with van der Waals surface area (Å²) in [6.07, 6.45) is 4.04. The maximum Gasteiger partial charge on any atom is 0.244 e. The molecule has 1 amide bonds. The van der Waals surface area contributed by atoms with Crippen LogP contribution in [0.4, 0.5) is 0 Å². The number of hydrogen-bond acceptors (Lipinski definition) is 3. The Labute approximate surface area is 194 Å². The van der Waals surface area contributed by atoms with Gasteiger partial charge in [0, 0.05) is 32.8 Å². The van der Waals surface area contributed by atoms with Crippen LogP contribution >= 0.6 is 22.6 Å². The van der Waals surface area contributed by atoms with Crippen molar-refractivity contribution in [1.29, 1.82) is 0 Å². The molecule has 0 unspecified atom stereocenters. The number of aromatic nitrogens is 1. The van der Waals surface area contributed by atoms with Crippen LogP contribution in [0.15, 0.2) is 84.1 Å². The quantitative estimate of drug-likeness (QED) is 0.211. The molecule has 1 heterocycles. The maximum atomic E-state index is 12.2. The topological polar surface area (TPSA) is 55.6 Å². The van der Waals surface area contributed by atoms with E-state index in [4.69, 9.17) is 4.74 Å². The molecule has 1 aromatic heterocycles. The molecule has 0 fully saturated rings. The van der Waals surface area contributed by atoms with Crippen LogP contribution in [0.1, 0.15) is 16.7 Å². The van der Waals surface area contributed by atoms with Crippen molar-refractivity contribution in [3.63, 3.8) is 0 Å². The smallest absolute Gasteiger partial charge is 0.244 e. The van der Waals surface area contributed by atoms with Gasteiger partial charge >= 0.3 is 0 Å². The molecule has 0 radical (unpaired) electrons. The van der Waals surface area contributed by atoms with Gasteiger partial charge in [-0.2, -0.15) is 5.10 Å². The molecule has 0 spiro atoms. The SMILES string of the molecule is COc1ccc(CC(=O)NN=Cc2cn(Cc3ccc(I)cc3)c3ccccc23)cc1. The van der Waals surface area contributed by atoms with E-state index in [1.807, 2.05) is 36.4 Å². The molecule has 0 saturated heterocycles. The number of methoxy groups -OCH3 is 1. The van der Waals surface area contributed by atoms with Crippen molar-refractivity contribution in [2.75, 3.05) is 7.11 Å². The lowest BCUT2D eigenvalue weighted by Crippen LogP contribution is -2.19. The van der Waals surface area contributed by atoms with Crippen LogP contribution in [0.5, 0.6) is 5.75 Å². The highest BCUT2D eigenvalue weighted by Crippen LogP contribution is 2.21. The summed E-state index contributed by atoms with van der Waals surface area (Å²) in [5, 5.41) is 5.29. The van der Waals surface area contributed by atoms with Crippen molar-refractivity contribution >= 4 is 45.6 Å². The summed E-state index contributed by atoms with van der Waals surface area (Å²) in [5.74, 6) is 0.604. The van der Waals surface area contributed by atoms with Crippen molar-refractivity contribution in [2.45, 2.75) is 13.0 Å². The van der Waals surface area contributed by atoms with E-state index in [0.717, 1.165) is 34.3 Å². The van der Waals surface area contributed by atoms with Gasteiger partial charge in [-0.1, -0.05) is 42.5 Å². The number of nitrogens with one attached hydrogen (secondary N) is 1. The number of amides is 1. The number of nitrogens with zero attached hydrogens (tertiary/aromatic N) is 2. The fraction of sp³-hybridized carbons (Fsp3) is 0.120. The van der Waals surface area contributed by atoms with Crippen LogP contribution in [-0.2, 0) is 17.8 Å². The predicted molar refractivity (Wildman–Crippen MR) is 133 cm³/mol. The Morgan fingerprint density at radius 1 is 1.03 bits per heavy atom. The average Bonchev–Trinajstić information content (AvgIpc) is 3.13. The summed E-state index contributed by atoms with van der Waals surface area (Å²) >= 11 is 2.31. The van der Waals surface area contributed by atoms with E-state index >= 15 is 0 Å². The molecule has 0 bridgehead atoms. The molecular weight excluding hydrogens is 501 g/mol. The molecule has 0 saturated carbocycles. The zero-order valence-corrected chi connectivity index (χ0v) is 19.2. The molecule has 0 aliphatic heterocycles. The molecule has 4 rings (SSSR count). The molecule has 3 aromatic carbocycles. The summed E-state index contributed by atoms with van der Waals surface area (Å²) in [6.45, 7) is 0.773. The number of rotatable bonds is 7. The number of carbonyl (C=O) groups excluding carboxylic acids is 1. The Morgan fingerprint density at radius 2 is 1.74 bits per heavy atom. The fourth-order valence-corrected chi connectivity index (χ4v) is 3.80. The first-order valence-corrected chi connectivity index (χ1v) is 11.0. The summed E-state index contributed by atoms with van der Waals surface area (Å²) in [7, 11) is 1.62. The van der Waals surface area contributed by atoms with Gasteiger partial charge in [0.05, 0.1) is 19.7 Å². The molecule has 1 N–H and O–H groups in total. The second-order valence-electron chi connectivity index (χ2n) is 7.17. The van der Waals surface area contributed by atoms with E-state index in [1.54, 1.807) is 13.3 Å². The third-order valence-corrected chi connectivity index (χ3v) is 5.72. The van der Waals surface area contributed by atoms with Crippen LogP contribution in [-0.4, -0.2) is 23.8 Å². The van der Waals surface area contributed by atoms with Crippen molar-refractivity contribution < 1.29 is 9.53 Å². The zero-order valence-electron chi connectivity index (χ0n) is 17.1. The third kappa shape index (κ3) is 5.32. The van der Waals surface area contributed by atoms with Crippen LogP contribution in [0.2, 0.25) is 0 Å². The van der Waals surface area contributed by atoms with Gasteiger partial charge in [0.1, 0.15) is 5.75 Å². The van der Waals surface area contributed by atoms with Gasteiger partial charge in [0.15, 0.2) is 0 Å². The molecule has 0 aliphatic rings. The van der Waals surface area contributed by atoms with Crippen LogP contribution < -0.4 is 10.2 Å². The second kappa shape index (κ2) is 9.78. The Balaban J connectivity index is 1.46. The van der Waals surface area contributed by atoms with E-state index in [-0.39, 0.29) is 12.3 Å². The number of carbonyl (C=O) groups is 1. The van der Waals surface area contributed by atoms with Gasteiger partial charge in [0.25, 0.3) is 0 Å². The van der Waals surface area contributed by atoms with Gasteiger partial charge < -0.3 is 9.30 Å². The first-order chi connectivity index (χ1) is 15.1. The van der Waals surface area contributed by atoms with E-state index < -0.39 is 0 Å². The van der Waals surface area contributed by atoms with E-state index in [9.17, 15) is 4.79 Å². The molecule has 5 nitrogen and oxygen atoms in total. The van der Waals surface area contributed by atoms with Crippen molar-refractivity contribution in [2.24, 2.45) is 5.10 Å². The van der Waals surface area contributed by atoms with Gasteiger partial charge in [-0.3, -0.25) is 4.79 Å². The number of hydrogen-bond donors (Lipinski definition) is 1. The molecule has 0 aliphatic carbocycles. The number of para-hydroxylation sites is 1. The highest BCUT2D eigenvalue weighted by atomic mass is 127. The maximum absolute atomic E-state index is 12.2. The first-order valence-electron chi connectivity index (χ1n) is 9.89. The fourth-order valence-electron chi connectivity index (χ4n) is 3.44. The lowest BCUT2D eigenvalue weighted by atomic mass is 10.1. The number of hydrazone groups is 1. The Bertz CT molecular complexity index is 1210. The average molecular weight is 523 g/mol. The van der Waals surface area contributed by atoms with Crippen molar-refractivity contribution in [3.8, 4) is 5.75 Å². The minimum absolute atomic E-state index is 0.163. The first kappa shape index (κ1) is 21.1. The highest BCUT2D eigenvalue weighted by Gasteiger charge is 2.08. The normalized spacial score (nSPS) is 11.2. The zero-order chi connectivity index (χ0) is 21.6. The second-order valence-corrected chi connectivity index (χ2v) is 8.42. The van der Waals surface area contributed by atoms with Crippen molar-refractivity contribution in [1.82, 2.24) is 9.99 Å². The Kier molecular flexibility index (Phi) is 6.66. The summed E-state index contributed by atoms with van der Waals surface area (Å²) in [4.78, 5) is 12.2. The van der Waals surface area contributed by atoms with Crippen LogP contribution in [0.3, 0.4) is 0 Å². The molecule has 4 aromatic rings. The van der Waals surface area contributed by atoms with Crippen LogP contribution in [0, 0.1) is 3.57 Å². The number of fused-ring (bicyclic) bond motifs is 1. The van der Waals surface area contributed by atoms with Crippen LogP contribution in [0.25, 0.3) is 10.9 Å². The van der Waals surface area contributed by atoms with Gasteiger partial charge in [-0.25, -0.2) is 5.43 Å². The molecule has 156 valence electrons. The number of benzene rings is 3. The van der Waals surface area contributed by atoms with Gasteiger partial charge in [0.2, 0.25) is 5.91 Å². The van der Waals surface area contributed by atoms with E-state index in [2.05, 4.69) is 80.3 Å². The summed E-state index contributed by atoms with van der Waals surface area (Å²) < 4.78 is 8.57. The minimum atomic E-state index is -0.163. The largest absolute Gasteiger partial charge is 0.497 e. The minimum Gasteiger partial charge on any atom is -0.497 e. The molecular formula is C25H22IN3O2. The number of halogens is 1. The summed E-state index contributed by atoms with van der Waals surface area (Å²) in [6, 6.07) is 24.2. The van der Waals surface area contributed by atoms with Gasteiger partial charge in [-0.15, -0.1) is 0 Å². The summed E-state index contributed by atoms with van der Waals surface area (Å²) in [5.41, 5.74) is 6.86. The highest BCUT2D eigenvalue weighted by molar-refractivity contribution is 14.1. The van der Waals surface area contributed by atoms with Gasteiger partial charge in [-0.05, 0) is 64.0 Å². The van der Waals surface area contributed by atoms with E-state index in [0.29, 0.717) is 0 Å². The lowest BCUT2D eigenvalue weighted by molar-refractivity contribution is -0.120. The third-order valence-electron chi connectivity index (χ3n) is 5.00. The predicted octanol–water partition coefficient (Wildman–Crippen LogP) is 5.00. The number of ether oxygens (including phenoxy) is 1. The van der Waals surface area contributed by atoms with E-state index in [1.165, 1.54) is 9.13 Å². The van der Waals surface area contributed by atoms with Crippen molar-refractivity contribution in [3.05, 3.63) is 99.3 Å². The molecule has 0 atom stereocenters. The molecule has 31 heavy (non-hydrogen) atoms. The molecule has 6 heteroatoms. The standard InChI is InChI=1S/C25H22IN3O2/c1-31-22-12-8-18(9-13-22)14-25(30)28-27-15-20-17-29(24-5-3-2-4-23(20)24)16-19-6-10-21(26)11-7-19/h2-13,15,17H,14,16H2,1H3,(H,28,30). The monoisotopic (exact) mass is 523 g/mol. The Morgan fingerprint density at radius 3 is 2.48 bits per heavy atom.